The quantitative estimate of drug-likeness (QED) is 0.275. The Labute approximate surface area is 186 Å². The third kappa shape index (κ3) is 7.09. The van der Waals surface area contributed by atoms with Crippen LogP contribution in [0.3, 0.4) is 0 Å². The van der Waals surface area contributed by atoms with Crippen LogP contribution in [0.15, 0.2) is 30.5 Å². The van der Waals surface area contributed by atoms with Crippen LogP contribution < -0.4 is 22.1 Å². The van der Waals surface area contributed by atoms with Gasteiger partial charge in [-0.15, -0.1) is 0 Å². The van der Waals surface area contributed by atoms with Crippen molar-refractivity contribution in [3.63, 3.8) is 0 Å². The Morgan fingerprint density at radius 2 is 1.72 bits per heavy atom. The van der Waals surface area contributed by atoms with Crippen LogP contribution >= 0.6 is 0 Å². The highest BCUT2D eigenvalue weighted by Gasteiger charge is 2.29. The third-order valence-electron chi connectivity index (χ3n) is 5.09. The van der Waals surface area contributed by atoms with Gasteiger partial charge in [0.1, 0.15) is 12.1 Å². The molecule has 8 N–H and O–H groups in total. The molecule has 3 atom stereocenters. The first-order chi connectivity index (χ1) is 15.1. The summed E-state index contributed by atoms with van der Waals surface area (Å²) in [4.78, 5) is 51.3. The zero-order valence-corrected chi connectivity index (χ0v) is 18.3. The molecule has 0 radical (unpaired) electrons. The summed E-state index contributed by atoms with van der Waals surface area (Å²) in [6, 6.07) is 4.31. The van der Waals surface area contributed by atoms with E-state index in [0.717, 1.165) is 16.5 Å². The van der Waals surface area contributed by atoms with Gasteiger partial charge in [0.05, 0.1) is 6.04 Å². The van der Waals surface area contributed by atoms with E-state index in [0.29, 0.717) is 0 Å². The van der Waals surface area contributed by atoms with E-state index in [1.165, 1.54) is 0 Å². The van der Waals surface area contributed by atoms with Gasteiger partial charge >= 0.3 is 5.97 Å². The Morgan fingerprint density at radius 3 is 2.34 bits per heavy atom. The molecule has 0 aliphatic carbocycles. The van der Waals surface area contributed by atoms with Crippen molar-refractivity contribution in [3.05, 3.63) is 36.0 Å². The van der Waals surface area contributed by atoms with Crippen LogP contribution in [0.5, 0.6) is 0 Å². The maximum Gasteiger partial charge on any atom is 0.326 e. The van der Waals surface area contributed by atoms with Gasteiger partial charge in [0, 0.05) is 29.9 Å². The summed E-state index contributed by atoms with van der Waals surface area (Å²) >= 11 is 0. The molecule has 10 heteroatoms. The Hall–Kier alpha value is -3.40. The summed E-state index contributed by atoms with van der Waals surface area (Å²) < 4.78 is 0. The molecule has 1 aromatic carbocycles. The number of nitrogens with two attached hydrogens (primary N) is 2. The Bertz CT molecular complexity index is 971. The lowest BCUT2D eigenvalue weighted by Crippen LogP contribution is -2.55. The second kappa shape index (κ2) is 11.3. The minimum absolute atomic E-state index is 0.0354. The standard InChI is InChI=1S/C22H31N5O5/c1-12(2)9-18(22(31)32)27-21(30)17(26-20(29)15(23)7-8-19(24)28)10-13-11-25-16-6-4-3-5-14(13)16/h3-6,11-12,15,17-18,25H,7-10,23H2,1-2H3,(H2,24,28)(H,26,29)(H,27,30)(H,31,32). The summed E-state index contributed by atoms with van der Waals surface area (Å²) in [6.07, 6.45) is 2.08. The molecule has 0 bridgehead atoms. The smallest absolute Gasteiger partial charge is 0.326 e. The van der Waals surface area contributed by atoms with Gasteiger partial charge in [-0.2, -0.15) is 0 Å². The molecule has 0 aliphatic rings. The maximum absolute atomic E-state index is 13.0. The largest absolute Gasteiger partial charge is 0.480 e. The van der Waals surface area contributed by atoms with Crippen LogP contribution in [0.25, 0.3) is 10.9 Å². The van der Waals surface area contributed by atoms with Crippen LogP contribution in [-0.2, 0) is 25.6 Å². The average molecular weight is 446 g/mol. The molecule has 3 unspecified atom stereocenters. The molecule has 1 aromatic heterocycles. The number of aliphatic carboxylic acids is 1. The van der Waals surface area contributed by atoms with Crippen molar-refractivity contribution >= 4 is 34.6 Å². The number of para-hydroxylation sites is 1. The van der Waals surface area contributed by atoms with E-state index in [2.05, 4.69) is 15.6 Å². The van der Waals surface area contributed by atoms with E-state index < -0.39 is 41.8 Å². The topological polar surface area (TPSA) is 180 Å². The zero-order valence-electron chi connectivity index (χ0n) is 18.3. The number of primary amides is 1. The molecular weight excluding hydrogens is 414 g/mol. The number of carboxylic acid groups (broad SMARTS) is 1. The lowest BCUT2D eigenvalue weighted by molar-refractivity contribution is -0.142. The van der Waals surface area contributed by atoms with Gasteiger partial charge in [-0.05, 0) is 30.4 Å². The van der Waals surface area contributed by atoms with Crippen molar-refractivity contribution in [2.45, 2.75) is 57.7 Å². The summed E-state index contributed by atoms with van der Waals surface area (Å²) in [5.41, 5.74) is 12.6. The van der Waals surface area contributed by atoms with Gasteiger partial charge in [0.2, 0.25) is 17.7 Å². The van der Waals surface area contributed by atoms with Gasteiger partial charge in [0.25, 0.3) is 0 Å². The van der Waals surface area contributed by atoms with Crippen molar-refractivity contribution in [2.75, 3.05) is 0 Å². The SMILES string of the molecule is CC(C)CC(NC(=O)C(Cc1c[nH]c2ccccc12)NC(=O)C(N)CCC(N)=O)C(=O)O. The minimum atomic E-state index is -1.15. The summed E-state index contributed by atoms with van der Waals surface area (Å²) in [5, 5.41) is 15.5. The second-order valence-corrected chi connectivity index (χ2v) is 8.27. The number of fused-ring (bicyclic) bond motifs is 1. The molecular formula is C22H31N5O5. The van der Waals surface area contributed by atoms with E-state index in [1.807, 2.05) is 38.1 Å². The fourth-order valence-corrected chi connectivity index (χ4v) is 3.40. The van der Waals surface area contributed by atoms with Crippen LogP contribution in [0, 0.1) is 5.92 Å². The molecule has 2 aromatic rings. The molecule has 0 fully saturated rings. The van der Waals surface area contributed by atoms with Crippen molar-refractivity contribution < 1.29 is 24.3 Å². The van der Waals surface area contributed by atoms with Crippen molar-refractivity contribution in [1.29, 1.82) is 0 Å². The first-order valence-corrected chi connectivity index (χ1v) is 10.5. The molecule has 0 aliphatic heterocycles. The van der Waals surface area contributed by atoms with Gasteiger partial charge in [0.15, 0.2) is 0 Å². The number of hydrogen-bond acceptors (Lipinski definition) is 5. The normalized spacial score (nSPS) is 14.0. The number of aromatic amines is 1. The highest BCUT2D eigenvalue weighted by Crippen LogP contribution is 2.19. The number of nitrogens with one attached hydrogen (secondary N) is 3. The van der Waals surface area contributed by atoms with E-state index in [-0.39, 0.29) is 31.6 Å². The molecule has 32 heavy (non-hydrogen) atoms. The van der Waals surface area contributed by atoms with E-state index in [9.17, 15) is 24.3 Å². The summed E-state index contributed by atoms with van der Waals surface area (Å²) in [7, 11) is 0. The van der Waals surface area contributed by atoms with Gasteiger partial charge in [-0.1, -0.05) is 32.0 Å². The number of aromatic nitrogens is 1. The first-order valence-electron chi connectivity index (χ1n) is 10.5. The van der Waals surface area contributed by atoms with Crippen molar-refractivity contribution in [1.82, 2.24) is 15.6 Å². The van der Waals surface area contributed by atoms with Crippen LogP contribution in [0.1, 0.15) is 38.7 Å². The monoisotopic (exact) mass is 445 g/mol. The van der Waals surface area contributed by atoms with Crippen molar-refractivity contribution in [2.24, 2.45) is 17.4 Å². The molecule has 0 saturated heterocycles. The zero-order chi connectivity index (χ0) is 23.8. The molecule has 0 saturated carbocycles. The second-order valence-electron chi connectivity index (χ2n) is 8.27. The Morgan fingerprint density at radius 1 is 1.06 bits per heavy atom. The van der Waals surface area contributed by atoms with E-state index in [4.69, 9.17) is 11.5 Å². The lowest BCUT2D eigenvalue weighted by Gasteiger charge is -2.23. The average Bonchev–Trinajstić information content (AvgIpc) is 3.13. The van der Waals surface area contributed by atoms with Crippen LogP contribution in [0.4, 0.5) is 0 Å². The van der Waals surface area contributed by atoms with Crippen LogP contribution in [-0.4, -0.2) is 51.9 Å². The number of hydrogen-bond donors (Lipinski definition) is 6. The van der Waals surface area contributed by atoms with E-state index >= 15 is 0 Å². The molecule has 3 amide bonds. The summed E-state index contributed by atoms with van der Waals surface area (Å²) in [5.74, 6) is -2.94. The summed E-state index contributed by atoms with van der Waals surface area (Å²) in [6.45, 7) is 3.70. The predicted molar refractivity (Wildman–Crippen MR) is 119 cm³/mol. The molecule has 2 rings (SSSR count). The highest BCUT2D eigenvalue weighted by atomic mass is 16.4. The number of carbonyl (C=O) groups is 4. The number of benzene rings is 1. The van der Waals surface area contributed by atoms with Crippen molar-refractivity contribution in [3.8, 4) is 0 Å². The number of rotatable bonds is 12. The predicted octanol–water partition coefficient (Wildman–Crippen LogP) is 0.404. The van der Waals surface area contributed by atoms with Gasteiger partial charge in [-0.3, -0.25) is 14.4 Å². The maximum atomic E-state index is 13.0. The fraction of sp³-hybridized carbons (Fsp3) is 0.455. The molecule has 0 spiro atoms. The Kier molecular flexibility index (Phi) is 8.77. The van der Waals surface area contributed by atoms with Gasteiger partial charge < -0.3 is 32.2 Å². The number of carboxylic acids is 1. The minimum Gasteiger partial charge on any atom is -0.480 e. The number of H-pyrrole nitrogens is 1. The lowest BCUT2D eigenvalue weighted by atomic mass is 10.0. The van der Waals surface area contributed by atoms with E-state index in [1.54, 1.807) is 6.20 Å². The van der Waals surface area contributed by atoms with Crippen LogP contribution in [0.2, 0.25) is 0 Å². The highest BCUT2D eigenvalue weighted by molar-refractivity contribution is 5.93. The Balaban J connectivity index is 2.22. The molecule has 10 nitrogen and oxygen atoms in total. The number of carbonyl (C=O) groups excluding carboxylic acids is 3. The number of amides is 3. The third-order valence-corrected chi connectivity index (χ3v) is 5.09. The fourth-order valence-electron chi connectivity index (χ4n) is 3.40. The molecule has 1 heterocycles. The van der Waals surface area contributed by atoms with Gasteiger partial charge in [-0.25, -0.2) is 4.79 Å². The first kappa shape index (κ1) is 24.9. The molecule has 174 valence electrons.